The van der Waals surface area contributed by atoms with Crippen LogP contribution in [0.2, 0.25) is 0 Å². The Balaban J connectivity index is 1.39. The van der Waals surface area contributed by atoms with Gasteiger partial charge in [-0.2, -0.15) is 0 Å². The van der Waals surface area contributed by atoms with E-state index in [1.54, 1.807) is 0 Å². The van der Waals surface area contributed by atoms with Gasteiger partial charge >= 0.3 is 0 Å². The number of ether oxygens (including phenoxy) is 5. The average Bonchev–Trinajstić information content (AvgIpc) is 3.09. The summed E-state index contributed by atoms with van der Waals surface area (Å²) in [5.41, 5.74) is 5.32. The number of hydrogen-bond acceptors (Lipinski definition) is 7. The summed E-state index contributed by atoms with van der Waals surface area (Å²) in [5, 5.41) is 12.3. The number of halogens is 1. The Bertz CT molecular complexity index is 1410. The van der Waals surface area contributed by atoms with Crippen molar-refractivity contribution in [2.45, 2.75) is 103 Å². The van der Waals surface area contributed by atoms with Crippen LogP contribution in [0.5, 0.6) is 5.75 Å². The second kappa shape index (κ2) is 18.5. The highest BCUT2D eigenvalue weighted by atomic mass is 79.9. The molecule has 0 radical (unpaired) electrons. The van der Waals surface area contributed by atoms with Gasteiger partial charge in [-0.15, -0.1) is 0 Å². The van der Waals surface area contributed by atoms with Gasteiger partial charge in [-0.1, -0.05) is 98.4 Å². The van der Waals surface area contributed by atoms with Crippen LogP contribution in [0.4, 0.5) is 5.69 Å². The molecule has 0 bridgehead atoms. The van der Waals surface area contributed by atoms with E-state index in [1.807, 2.05) is 12.1 Å². The summed E-state index contributed by atoms with van der Waals surface area (Å²) in [5.74, 6) is -0.637. The number of nitrogens with zero attached hydrogens (tertiary/aromatic N) is 1. The molecule has 5 rings (SSSR count). The van der Waals surface area contributed by atoms with Crippen LogP contribution < -0.4 is 9.64 Å². The number of fused-ring (bicyclic) bond motifs is 1. The van der Waals surface area contributed by atoms with Crippen molar-refractivity contribution in [1.29, 1.82) is 0 Å². The summed E-state index contributed by atoms with van der Waals surface area (Å²) in [6, 6.07) is 23.0. The van der Waals surface area contributed by atoms with Gasteiger partial charge in [0.1, 0.15) is 24.6 Å². The molecule has 262 valence electrons. The number of anilines is 1. The molecule has 0 aliphatic carbocycles. The van der Waals surface area contributed by atoms with Gasteiger partial charge in [0.25, 0.3) is 0 Å². The Morgan fingerprint density at radius 2 is 1.62 bits per heavy atom. The van der Waals surface area contributed by atoms with Crippen LogP contribution in [-0.4, -0.2) is 63.0 Å². The van der Waals surface area contributed by atoms with E-state index in [0.717, 1.165) is 73.1 Å². The summed E-state index contributed by atoms with van der Waals surface area (Å²) in [6.07, 6.45) is 5.87. The molecule has 1 unspecified atom stereocenters. The van der Waals surface area contributed by atoms with E-state index in [4.69, 9.17) is 23.7 Å². The number of unbranched alkanes of at least 4 members (excludes halogenated alkanes) is 3. The molecule has 2 aliphatic rings. The molecule has 7 nitrogen and oxygen atoms in total. The minimum Gasteiger partial charge on any atom is -0.490 e. The van der Waals surface area contributed by atoms with Crippen LogP contribution in [0.3, 0.4) is 0 Å². The molecule has 3 aromatic rings. The molecule has 1 N–H and O–H groups in total. The quantitative estimate of drug-likeness (QED) is 0.132. The van der Waals surface area contributed by atoms with Gasteiger partial charge in [-0.05, 0) is 66.6 Å². The maximum absolute atomic E-state index is 12.3. The molecule has 2 heterocycles. The first-order valence-corrected chi connectivity index (χ1v) is 18.8. The van der Waals surface area contributed by atoms with Crippen molar-refractivity contribution in [1.82, 2.24) is 0 Å². The molecule has 3 aromatic carbocycles. The first kappa shape index (κ1) is 36.8. The van der Waals surface area contributed by atoms with Gasteiger partial charge in [0, 0.05) is 42.8 Å². The van der Waals surface area contributed by atoms with E-state index >= 15 is 0 Å². The first-order chi connectivity index (χ1) is 23.4. The van der Waals surface area contributed by atoms with E-state index in [1.165, 1.54) is 11.1 Å². The average molecular weight is 725 g/mol. The van der Waals surface area contributed by atoms with Crippen LogP contribution in [0.25, 0.3) is 0 Å². The zero-order valence-electron chi connectivity index (χ0n) is 29.0. The monoisotopic (exact) mass is 723 g/mol. The number of aliphatic hydroxyl groups is 1. The molecule has 48 heavy (non-hydrogen) atoms. The van der Waals surface area contributed by atoms with Crippen molar-refractivity contribution in [2.75, 3.05) is 44.5 Å². The molecule has 1 saturated heterocycles. The van der Waals surface area contributed by atoms with Gasteiger partial charge < -0.3 is 33.7 Å². The maximum atomic E-state index is 12.3. The largest absolute Gasteiger partial charge is 0.490 e. The first-order valence-electron chi connectivity index (χ1n) is 18.0. The molecule has 0 amide bonds. The molecule has 0 aromatic heterocycles. The summed E-state index contributed by atoms with van der Waals surface area (Å²) >= 11 is 3.80. The van der Waals surface area contributed by atoms with Gasteiger partial charge in [0.15, 0.2) is 5.79 Å². The highest BCUT2D eigenvalue weighted by Gasteiger charge is 2.48. The molecule has 4 atom stereocenters. The van der Waals surface area contributed by atoms with Gasteiger partial charge in [0.05, 0.1) is 24.9 Å². The third-order valence-corrected chi connectivity index (χ3v) is 9.98. The summed E-state index contributed by atoms with van der Waals surface area (Å²) < 4.78 is 32.6. The van der Waals surface area contributed by atoms with Gasteiger partial charge in [-0.3, -0.25) is 0 Å². The van der Waals surface area contributed by atoms with Gasteiger partial charge in [0.2, 0.25) is 0 Å². The Labute approximate surface area is 296 Å². The van der Waals surface area contributed by atoms with Crippen molar-refractivity contribution in [3.05, 3.63) is 93.5 Å². The molecule has 0 spiro atoms. The number of rotatable bonds is 18. The minimum atomic E-state index is -1.55. The Morgan fingerprint density at radius 1 is 0.875 bits per heavy atom. The van der Waals surface area contributed by atoms with E-state index in [2.05, 4.69) is 96.2 Å². The van der Waals surface area contributed by atoms with E-state index in [-0.39, 0.29) is 18.6 Å². The fourth-order valence-corrected chi connectivity index (χ4v) is 6.82. The maximum Gasteiger partial charge on any atom is 0.195 e. The van der Waals surface area contributed by atoms with Crippen LogP contribution in [0, 0.1) is 0 Å². The highest BCUT2D eigenvalue weighted by molar-refractivity contribution is 9.10. The normalized spacial score (nSPS) is 22.4. The molecule has 0 saturated carbocycles. The fraction of sp³-hybridized carbons (Fsp3) is 0.550. The van der Waals surface area contributed by atoms with Crippen LogP contribution in [-0.2, 0) is 37.7 Å². The summed E-state index contributed by atoms with van der Waals surface area (Å²) in [4.78, 5) is 2.39. The standard InChI is InChI=1S/C40H54BrNO6/c1-4-7-20-44-29-38-39(47-22-9-6-3)37(45-21-8-5-2)27-40(43,48-38)33-16-17-34(41)32(26-33)24-31-15-18-36-35(25-31)42(19-23-46-36)28-30-13-11-10-12-14-30/h10-18,25-26,37-39,43H,4-9,19-24,27-29H2,1-3H3/t37-,38-,39+,40?/m1/s1. The molecule has 2 aliphatic heterocycles. The van der Waals surface area contributed by atoms with Crippen LogP contribution in [0.1, 0.15) is 88.0 Å². The predicted molar refractivity (Wildman–Crippen MR) is 195 cm³/mol. The molecular weight excluding hydrogens is 670 g/mol. The lowest BCUT2D eigenvalue weighted by Crippen LogP contribution is -2.56. The SMILES string of the molecule is CCCCOC[C@H]1OC(O)(c2ccc(Br)c(Cc3ccc4c(c3)N(Cc3ccccc3)CCO4)c2)C[C@@H](OCCCC)[C@@H]1OCCCC. The minimum absolute atomic E-state index is 0.282. The van der Waals surface area contributed by atoms with Crippen molar-refractivity contribution in [2.24, 2.45) is 0 Å². The van der Waals surface area contributed by atoms with Gasteiger partial charge in [-0.25, -0.2) is 0 Å². The smallest absolute Gasteiger partial charge is 0.195 e. The third-order valence-electron chi connectivity index (χ3n) is 9.21. The van der Waals surface area contributed by atoms with E-state index in [9.17, 15) is 5.11 Å². The van der Waals surface area contributed by atoms with Crippen LogP contribution >= 0.6 is 15.9 Å². The van der Waals surface area contributed by atoms with Crippen molar-refractivity contribution < 1.29 is 28.8 Å². The Hall–Kier alpha value is -2.46. The summed E-state index contributed by atoms with van der Waals surface area (Å²) in [6.45, 7) is 11.0. The Kier molecular flexibility index (Phi) is 14.2. The topological polar surface area (TPSA) is 69.6 Å². The van der Waals surface area contributed by atoms with Crippen LogP contribution in [0.15, 0.2) is 71.2 Å². The fourth-order valence-electron chi connectivity index (χ4n) is 6.44. The van der Waals surface area contributed by atoms with E-state index in [0.29, 0.717) is 45.0 Å². The Morgan fingerprint density at radius 3 is 2.40 bits per heavy atom. The summed E-state index contributed by atoms with van der Waals surface area (Å²) in [7, 11) is 0. The zero-order valence-corrected chi connectivity index (χ0v) is 30.6. The van der Waals surface area contributed by atoms with E-state index < -0.39 is 11.9 Å². The predicted octanol–water partition coefficient (Wildman–Crippen LogP) is 8.56. The van der Waals surface area contributed by atoms with Crippen molar-refractivity contribution in [3.63, 3.8) is 0 Å². The number of hydrogen-bond donors (Lipinski definition) is 1. The molecule has 1 fully saturated rings. The highest BCUT2D eigenvalue weighted by Crippen LogP contribution is 2.40. The third kappa shape index (κ3) is 9.83. The molecular formula is C40H54BrNO6. The molecule has 8 heteroatoms. The lowest BCUT2D eigenvalue weighted by Gasteiger charge is -2.46. The van der Waals surface area contributed by atoms with Crippen molar-refractivity contribution in [3.8, 4) is 5.75 Å². The lowest BCUT2D eigenvalue weighted by molar-refractivity contribution is -0.325. The zero-order chi connectivity index (χ0) is 33.8. The number of benzene rings is 3. The second-order valence-electron chi connectivity index (χ2n) is 13.1. The lowest BCUT2D eigenvalue weighted by atomic mass is 9.89. The second-order valence-corrected chi connectivity index (χ2v) is 13.9. The van der Waals surface area contributed by atoms with Crippen molar-refractivity contribution >= 4 is 21.6 Å².